The van der Waals surface area contributed by atoms with Crippen molar-refractivity contribution in [3.8, 4) is 11.3 Å². The Morgan fingerprint density at radius 3 is 2.30 bits per heavy atom. The first-order valence-electron chi connectivity index (χ1n) is 14.3. The second-order valence-electron chi connectivity index (χ2n) is 11.0. The summed E-state index contributed by atoms with van der Waals surface area (Å²) in [4.78, 5) is 45.8. The van der Waals surface area contributed by atoms with Crippen LogP contribution in [0.25, 0.3) is 17.4 Å². The zero-order valence-corrected chi connectivity index (χ0v) is 27.3. The minimum atomic E-state index is -0.689. The molecule has 4 aromatic rings. The summed E-state index contributed by atoms with van der Waals surface area (Å²) < 4.78 is 19.0. The lowest BCUT2D eigenvalue weighted by Gasteiger charge is -2.25. The fraction of sp³-hybridized carbons (Fsp3) is 0.294. The van der Waals surface area contributed by atoms with Gasteiger partial charge in [0.15, 0.2) is 4.80 Å². The van der Waals surface area contributed by atoms with E-state index in [0.717, 1.165) is 21.6 Å². The van der Waals surface area contributed by atoms with Gasteiger partial charge in [-0.2, -0.15) is 0 Å². The number of furan rings is 1. The first kappa shape index (κ1) is 31.3. The van der Waals surface area contributed by atoms with Crippen LogP contribution in [0.3, 0.4) is 0 Å². The summed E-state index contributed by atoms with van der Waals surface area (Å²) in [6, 6.07) is 16.1. The number of aromatic nitrogens is 1. The van der Waals surface area contributed by atoms with Gasteiger partial charge in [0.1, 0.15) is 11.5 Å². The quantitative estimate of drug-likeness (QED) is 0.173. The normalized spacial score (nSPS) is 15.0. The van der Waals surface area contributed by atoms with Crippen molar-refractivity contribution in [2.75, 3.05) is 6.26 Å². The van der Waals surface area contributed by atoms with Crippen molar-refractivity contribution in [1.29, 1.82) is 0 Å². The number of carbonyl (C=O) groups excluding carboxylic acids is 2. The lowest BCUT2D eigenvalue weighted by molar-refractivity contribution is -0.143. The van der Waals surface area contributed by atoms with Gasteiger partial charge in [-0.3, -0.25) is 9.36 Å². The van der Waals surface area contributed by atoms with Crippen LogP contribution in [-0.2, 0) is 14.3 Å². The third kappa shape index (κ3) is 6.37. The molecule has 0 fully saturated rings. The highest BCUT2D eigenvalue weighted by atomic mass is 32.2. The Kier molecular flexibility index (Phi) is 9.12. The highest BCUT2D eigenvalue weighted by molar-refractivity contribution is 7.98. The predicted octanol–water partition coefficient (Wildman–Crippen LogP) is 6.04. The van der Waals surface area contributed by atoms with Gasteiger partial charge in [-0.1, -0.05) is 29.5 Å². The van der Waals surface area contributed by atoms with E-state index in [4.69, 9.17) is 13.9 Å². The summed E-state index contributed by atoms with van der Waals surface area (Å²) in [6.07, 6.45) is 3.15. The summed E-state index contributed by atoms with van der Waals surface area (Å²) >= 11 is 2.85. The molecule has 5 rings (SSSR count). The molecular weight excluding hydrogens is 597 g/mol. The maximum Gasteiger partial charge on any atom is 0.338 e. The molecule has 0 amide bonds. The van der Waals surface area contributed by atoms with Crippen LogP contribution >= 0.6 is 23.1 Å². The fourth-order valence-electron chi connectivity index (χ4n) is 5.02. The minimum absolute atomic E-state index is 0.207. The predicted molar refractivity (Wildman–Crippen MR) is 173 cm³/mol. The summed E-state index contributed by atoms with van der Waals surface area (Å²) in [7, 11) is 0. The van der Waals surface area contributed by atoms with Crippen LogP contribution in [0.15, 0.2) is 85.0 Å². The van der Waals surface area contributed by atoms with E-state index in [1.807, 2.05) is 63.4 Å². The summed E-state index contributed by atoms with van der Waals surface area (Å²) in [5.74, 6) is 0.221. The average molecular weight is 631 g/mol. The number of hydrogen-bond donors (Lipinski definition) is 0. The molecule has 0 N–H and O–H groups in total. The number of benzene rings is 2. The van der Waals surface area contributed by atoms with Gasteiger partial charge in [-0.05, 0) is 95.3 Å². The Bertz CT molecular complexity index is 1940. The number of ether oxygens (including phenoxy) is 2. The molecule has 0 saturated heterocycles. The number of fused-ring (bicyclic) bond motifs is 1. The summed E-state index contributed by atoms with van der Waals surface area (Å²) in [5.41, 5.74) is 3.51. The molecule has 2 aromatic carbocycles. The van der Waals surface area contributed by atoms with Crippen molar-refractivity contribution >= 4 is 41.1 Å². The van der Waals surface area contributed by atoms with Gasteiger partial charge in [0.05, 0.1) is 39.6 Å². The van der Waals surface area contributed by atoms with Crippen LogP contribution in [0, 0.1) is 6.92 Å². The van der Waals surface area contributed by atoms with Gasteiger partial charge in [-0.25, -0.2) is 14.6 Å². The van der Waals surface area contributed by atoms with Crippen molar-refractivity contribution in [2.24, 2.45) is 4.99 Å². The SMILES string of the molecule is CSc1ccc([C@H]2C(C(=O)OC(C)C)=C(C)N=c3s/c(=C\c4ccc(-c5ccc(C(=O)OC(C)C)cc5C)o4)c(=O)n32)cc1. The highest BCUT2D eigenvalue weighted by Gasteiger charge is 2.33. The number of hydrogen-bond acceptors (Lipinski definition) is 9. The van der Waals surface area contributed by atoms with E-state index in [2.05, 4.69) is 4.99 Å². The fourth-order valence-corrected chi connectivity index (χ4v) is 6.45. The molecule has 228 valence electrons. The van der Waals surface area contributed by atoms with Crippen molar-refractivity contribution in [1.82, 2.24) is 4.57 Å². The van der Waals surface area contributed by atoms with E-state index in [1.165, 1.54) is 11.3 Å². The molecule has 1 atom stereocenters. The topological polar surface area (TPSA) is 100 Å². The molecule has 0 radical (unpaired) electrons. The Morgan fingerprint density at radius 1 is 0.977 bits per heavy atom. The molecule has 3 heterocycles. The molecule has 0 unspecified atom stereocenters. The van der Waals surface area contributed by atoms with Gasteiger partial charge in [-0.15, -0.1) is 11.8 Å². The van der Waals surface area contributed by atoms with Gasteiger partial charge in [0.25, 0.3) is 5.56 Å². The lowest BCUT2D eigenvalue weighted by atomic mass is 9.96. The van der Waals surface area contributed by atoms with Crippen LogP contribution in [0.2, 0.25) is 0 Å². The number of rotatable bonds is 8. The zero-order chi connectivity index (χ0) is 31.7. The largest absolute Gasteiger partial charge is 0.459 e. The number of thioether (sulfide) groups is 1. The Hall–Kier alpha value is -4.15. The van der Waals surface area contributed by atoms with E-state index in [0.29, 0.717) is 37.7 Å². The molecule has 8 nitrogen and oxygen atoms in total. The van der Waals surface area contributed by atoms with Gasteiger partial charge >= 0.3 is 11.9 Å². The number of aryl methyl sites for hydroxylation is 1. The second-order valence-corrected chi connectivity index (χ2v) is 12.9. The first-order chi connectivity index (χ1) is 21.0. The van der Waals surface area contributed by atoms with Crippen LogP contribution in [-0.4, -0.2) is 35.0 Å². The second kappa shape index (κ2) is 12.8. The molecule has 44 heavy (non-hydrogen) atoms. The molecule has 0 saturated carbocycles. The van der Waals surface area contributed by atoms with Crippen molar-refractivity contribution in [2.45, 2.75) is 64.7 Å². The van der Waals surface area contributed by atoms with Crippen molar-refractivity contribution in [3.63, 3.8) is 0 Å². The molecule has 2 aromatic heterocycles. The molecule has 10 heteroatoms. The van der Waals surface area contributed by atoms with E-state index in [-0.39, 0.29) is 23.7 Å². The Labute approximate surface area is 263 Å². The monoisotopic (exact) mass is 630 g/mol. The smallest absolute Gasteiger partial charge is 0.338 e. The van der Waals surface area contributed by atoms with Gasteiger partial charge in [0, 0.05) is 16.5 Å². The van der Waals surface area contributed by atoms with E-state index >= 15 is 0 Å². The maximum atomic E-state index is 13.9. The van der Waals surface area contributed by atoms with Gasteiger partial charge in [0.2, 0.25) is 0 Å². The summed E-state index contributed by atoms with van der Waals surface area (Å²) in [6.45, 7) is 10.9. The van der Waals surface area contributed by atoms with Crippen LogP contribution in [0.1, 0.15) is 67.9 Å². The molecule has 0 spiro atoms. The minimum Gasteiger partial charge on any atom is -0.459 e. The number of thiazole rings is 1. The summed E-state index contributed by atoms with van der Waals surface area (Å²) in [5, 5.41) is 0. The van der Waals surface area contributed by atoms with E-state index in [9.17, 15) is 14.4 Å². The highest BCUT2D eigenvalue weighted by Crippen LogP contribution is 2.32. The number of allylic oxidation sites excluding steroid dienone is 1. The third-order valence-corrected chi connectivity index (χ3v) is 8.71. The third-order valence-electron chi connectivity index (χ3n) is 6.99. The standard InChI is InChI=1S/C34H34N2O6S2/c1-18(2)40-32(38)23-10-14-26(20(5)16-23)27-15-11-24(42-27)17-28-31(37)36-30(22-8-12-25(43-7)13-9-22)29(33(39)41-19(3)4)21(6)35-34(36)44-28/h8-19,30H,1-7H3/b28-17-/t30-/m0/s1. The Balaban J connectivity index is 1.55. The number of esters is 2. The van der Waals surface area contributed by atoms with E-state index < -0.39 is 12.0 Å². The average Bonchev–Trinajstić information content (AvgIpc) is 3.55. The van der Waals surface area contributed by atoms with Crippen molar-refractivity contribution < 1.29 is 23.5 Å². The molecule has 0 bridgehead atoms. The van der Waals surface area contributed by atoms with Crippen LogP contribution < -0.4 is 14.9 Å². The Morgan fingerprint density at radius 2 is 1.66 bits per heavy atom. The molecular formula is C34H34N2O6S2. The van der Waals surface area contributed by atoms with Crippen molar-refractivity contribution in [3.05, 3.63) is 108 Å². The van der Waals surface area contributed by atoms with Gasteiger partial charge < -0.3 is 13.9 Å². The van der Waals surface area contributed by atoms with Crippen LogP contribution in [0.4, 0.5) is 0 Å². The number of carbonyl (C=O) groups is 2. The maximum absolute atomic E-state index is 13.9. The molecule has 1 aliphatic rings. The molecule has 0 aliphatic carbocycles. The van der Waals surface area contributed by atoms with Crippen LogP contribution in [0.5, 0.6) is 0 Å². The molecule has 1 aliphatic heterocycles. The first-order valence-corrected chi connectivity index (χ1v) is 16.3. The van der Waals surface area contributed by atoms with E-state index in [1.54, 1.807) is 61.4 Å². The lowest BCUT2D eigenvalue weighted by Crippen LogP contribution is -2.40. The number of nitrogens with zero attached hydrogens (tertiary/aromatic N) is 2. The zero-order valence-electron chi connectivity index (χ0n) is 25.7.